The Bertz CT molecular complexity index is 700. The van der Waals surface area contributed by atoms with Gasteiger partial charge in [-0.3, -0.25) is 14.4 Å². The van der Waals surface area contributed by atoms with Gasteiger partial charge >= 0.3 is 11.9 Å². The molecule has 6 heteroatoms. The molecule has 0 unspecified atom stereocenters. The molecule has 3 aliphatic rings. The number of ether oxygens (including phenoxy) is 2. The molecule has 0 spiro atoms. The van der Waals surface area contributed by atoms with Crippen LogP contribution in [0.25, 0.3) is 0 Å². The van der Waals surface area contributed by atoms with E-state index in [0.29, 0.717) is 37.0 Å². The van der Waals surface area contributed by atoms with Gasteiger partial charge in [-0.05, 0) is 77.0 Å². The minimum absolute atomic E-state index is 0.0395. The van der Waals surface area contributed by atoms with E-state index in [9.17, 15) is 19.5 Å². The zero-order chi connectivity index (χ0) is 23.6. The van der Waals surface area contributed by atoms with Crippen molar-refractivity contribution in [3.05, 3.63) is 0 Å². The van der Waals surface area contributed by atoms with Gasteiger partial charge in [-0.1, -0.05) is 20.3 Å². The van der Waals surface area contributed by atoms with Gasteiger partial charge in [0, 0.05) is 18.3 Å². The molecule has 0 aromatic heterocycles. The Morgan fingerprint density at radius 3 is 2.50 bits per heavy atom. The highest BCUT2D eigenvalue weighted by Crippen LogP contribution is 2.51. The smallest absolute Gasteiger partial charge is 0.311 e. The standard InChI is InChI=1S/C26H42O6/c1-6-26(4,5)25(30)32-22-12-18(16(3)27)11-17-8-7-15(2)21(24(17)22)10-9-20-13-19(28)14-23(29)31-20/h15,17-22,24,28H,6-14H2,1-5H3/t15-,17-,18-,19+,20+,21-,22-,24-/m0/s1. The number of aliphatic hydroxyl groups excluding tert-OH is 1. The van der Waals surface area contributed by atoms with Gasteiger partial charge in [0.25, 0.3) is 0 Å². The van der Waals surface area contributed by atoms with E-state index in [4.69, 9.17) is 9.47 Å². The van der Waals surface area contributed by atoms with E-state index in [1.807, 2.05) is 20.8 Å². The van der Waals surface area contributed by atoms with Crippen molar-refractivity contribution in [3.63, 3.8) is 0 Å². The number of carbonyl (C=O) groups excluding carboxylic acids is 3. The van der Waals surface area contributed by atoms with Gasteiger partial charge < -0.3 is 14.6 Å². The molecule has 6 nitrogen and oxygen atoms in total. The maximum Gasteiger partial charge on any atom is 0.311 e. The summed E-state index contributed by atoms with van der Waals surface area (Å²) in [7, 11) is 0. The molecule has 1 N–H and O–H groups in total. The van der Waals surface area contributed by atoms with Crippen LogP contribution in [0.4, 0.5) is 0 Å². The molecule has 0 radical (unpaired) electrons. The van der Waals surface area contributed by atoms with E-state index in [1.54, 1.807) is 6.92 Å². The number of fused-ring (bicyclic) bond motifs is 1. The fourth-order valence-corrected chi connectivity index (χ4v) is 6.16. The van der Waals surface area contributed by atoms with Gasteiger partial charge in [-0.15, -0.1) is 0 Å². The number of Topliss-reactive ketones (excluding diaryl/α,β-unsaturated/α-hetero) is 1. The number of hydrogen-bond donors (Lipinski definition) is 1. The first kappa shape index (κ1) is 25.2. The molecular formula is C26H42O6. The van der Waals surface area contributed by atoms with E-state index in [0.717, 1.165) is 32.1 Å². The average Bonchev–Trinajstić information content (AvgIpc) is 2.72. The van der Waals surface area contributed by atoms with Crippen LogP contribution >= 0.6 is 0 Å². The second-order valence-corrected chi connectivity index (χ2v) is 11.3. The molecule has 0 amide bonds. The molecule has 2 aliphatic carbocycles. The molecule has 2 saturated carbocycles. The second kappa shape index (κ2) is 10.2. The van der Waals surface area contributed by atoms with Gasteiger partial charge in [0.1, 0.15) is 18.0 Å². The summed E-state index contributed by atoms with van der Waals surface area (Å²) < 4.78 is 11.7. The third-order valence-electron chi connectivity index (χ3n) is 8.62. The molecule has 1 aliphatic heterocycles. The van der Waals surface area contributed by atoms with E-state index >= 15 is 0 Å². The summed E-state index contributed by atoms with van der Waals surface area (Å²) in [5.74, 6) is 1.10. The summed E-state index contributed by atoms with van der Waals surface area (Å²) in [5.41, 5.74) is -0.541. The lowest BCUT2D eigenvalue weighted by Gasteiger charge is -2.50. The molecule has 8 atom stereocenters. The zero-order valence-electron chi connectivity index (χ0n) is 20.5. The first-order valence-electron chi connectivity index (χ1n) is 12.6. The monoisotopic (exact) mass is 450 g/mol. The Kier molecular flexibility index (Phi) is 8.06. The van der Waals surface area contributed by atoms with Crippen LogP contribution in [-0.2, 0) is 23.9 Å². The van der Waals surface area contributed by atoms with Crippen molar-refractivity contribution < 1.29 is 29.0 Å². The molecule has 1 heterocycles. The van der Waals surface area contributed by atoms with Crippen LogP contribution in [0.5, 0.6) is 0 Å². The number of ketones is 1. The Labute approximate surface area is 192 Å². The lowest BCUT2D eigenvalue weighted by Crippen LogP contribution is -2.49. The number of cyclic esters (lactones) is 1. The predicted molar refractivity (Wildman–Crippen MR) is 121 cm³/mol. The number of carbonyl (C=O) groups is 3. The van der Waals surface area contributed by atoms with E-state index in [2.05, 4.69) is 6.92 Å². The number of rotatable bonds is 7. The van der Waals surface area contributed by atoms with Crippen LogP contribution < -0.4 is 0 Å². The van der Waals surface area contributed by atoms with Crippen molar-refractivity contribution in [2.45, 2.75) is 111 Å². The van der Waals surface area contributed by atoms with Gasteiger partial charge in [0.05, 0.1) is 17.9 Å². The number of hydrogen-bond acceptors (Lipinski definition) is 6. The van der Waals surface area contributed by atoms with Crippen molar-refractivity contribution in [2.24, 2.45) is 35.0 Å². The van der Waals surface area contributed by atoms with Crippen molar-refractivity contribution in [1.82, 2.24) is 0 Å². The first-order chi connectivity index (χ1) is 15.0. The fourth-order valence-electron chi connectivity index (χ4n) is 6.16. The summed E-state index contributed by atoms with van der Waals surface area (Å²) in [6, 6.07) is 0. The topological polar surface area (TPSA) is 89.9 Å². The maximum atomic E-state index is 13.0. The Hall–Kier alpha value is -1.43. The number of aliphatic hydroxyl groups is 1. The third kappa shape index (κ3) is 5.73. The maximum absolute atomic E-state index is 13.0. The highest BCUT2D eigenvalue weighted by molar-refractivity contribution is 5.79. The largest absolute Gasteiger partial charge is 0.462 e. The van der Waals surface area contributed by atoms with Crippen LogP contribution in [0.1, 0.15) is 92.4 Å². The predicted octanol–water partition coefficient (Wildman–Crippen LogP) is 4.46. The molecule has 182 valence electrons. The SMILES string of the molecule is CCC(C)(C)C(=O)O[C@H]1C[C@@H](C(C)=O)C[C@@H]2CC[C@H](C)[C@H](CC[C@@H]3C[C@@H](O)CC(=O)O3)[C@H]21. The summed E-state index contributed by atoms with van der Waals surface area (Å²) in [4.78, 5) is 37.0. The zero-order valence-corrected chi connectivity index (χ0v) is 20.5. The molecule has 3 rings (SSSR count). The lowest BCUT2D eigenvalue weighted by molar-refractivity contribution is -0.175. The Morgan fingerprint density at radius 1 is 1.16 bits per heavy atom. The van der Waals surface area contributed by atoms with Crippen molar-refractivity contribution >= 4 is 17.7 Å². The quantitative estimate of drug-likeness (QED) is 0.576. The molecule has 0 bridgehead atoms. The van der Waals surface area contributed by atoms with Gasteiger partial charge in [-0.25, -0.2) is 0 Å². The van der Waals surface area contributed by atoms with Crippen molar-refractivity contribution in [3.8, 4) is 0 Å². The van der Waals surface area contributed by atoms with E-state index in [1.165, 1.54) is 0 Å². The molecular weight excluding hydrogens is 408 g/mol. The van der Waals surface area contributed by atoms with Crippen LogP contribution in [0.15, 0.2) is 0 Å². The Morgan fingerprint density at radius 2 is 1.88 bits per heavy atom. The van der Waals surface area contributed by atoms with Crippen LogP contribution in [0, 0.1) is 35.0 Å². The van der Waals surface area contributed by atoms with E-state index < -0.39 is 11.5 Å². The molecule has 3 fully saturated rings. The van der Waals surface area contributed by atoms with E-state index in [-0.39, 0.29) is 48.2 Å². The summed E-state index contributed by atoms with van der Waals surface area (Å²) in [6.45, 7) is 9.76. The Balaban J connectivity index is 1.77. The summed E-state index contributed by atoms with van der Waals surface area (Å²) >= 11 is 0. The molecule has 1 saturated heterocycles. The highest BCUT2D eigenvalue weighted by Gasteiger charge is 2.49. The van der Waals surface area contributed by atoms with Gasteiger partial charge in [-0.2, -0.15) is 0 Å². The normalized spacial score (nSPS) is 37.9. The highest BCUT2D eigenvalue weighted by atomic mass is 16.6. The second-order valence-electron chi connectivity index (χ2n) is 11.3. The average molecular weight is 451 g/mol. The van der Waals surface area contributed by atoms with Crippen LogP contribution in [-0.4, -0.2) is 41.1 Å². The van der Waals surface area contributed by atoms with Crippen molar-refractivity contribution in [2.75, 3.05) is 0 Å². The first-order valence-corrected chi connectivity index (χ1v) is 12.6. The van der Waals surface area contributed by atoms with Gasteiger partial charge in [0.2, 0.25) is 0 Å². The minimum Gasteiger partial charge on any atom is -0.462 e. The third-order valence-corrected chi connectivity index (χ3v) is 8.62. The van der Waals surface area contributed by atoms with Crippen LogP contribution in [0.2, 0.25) is 0 Å². The lowest BCUT2D eigenvalue weighted by atomic mass is 9.57. The molecule has 0 aromatic rings. The summed E-state index contributed by atoms with van der Waals surface area (Å²) in [6.07, 6.45) is 5.44. The molecule has 32 heavy (non-hydrogen) atoms. The summed E-state index contributed by atoms with van der Waals surface area (Å²) in [5, 5.41) is 9.96. The van der Waals surface area contributed by atoms with Crippen LogP contribution in [0.3, 0.4) is 0 Å². The molecule has 0 aromatic carbocycles. The fraction of sp³-hybridized carbons (Fsp3) is 0.885. The minimum atomic E-state index is -0.617. The van der Waals surface area contributed by atoms with Gasteiger partial charge in [0.15, 0.2) is 0 Å². The van der Waals surface area contributed by atoms with Crippen molar-refractivity contribution in [1.29, 1.82) is 0 Å². The number of esters is 2.